The molecule has 0 radical (unpaired) electrons. The van der Waals surface area contributed by atoms with Crippen LogP contribution in [0.25, 0.3) is 0 Å². The van der Waals surface area contributed by atoms with Crippen LogP contribution in [0.1, 0.15) is 17.3 Å². The molecule has 1 aromatic heterocycles. The van der Waals surface area contributed by atoms with E-state index < -0.39 is 40.8 Å². The van der Waals surface area contributed by atoms with Crippen LogP contribution in [0, 0.1) is 23.3 Å². The highest BCUT2D eigenvalue weighted by atomic mass is 19.2. The summed E-state index contributed by atoms with van der Waals surface area (Å²) in [7, 11) is 0. The van der Waals surface area contributed by atoms with Crippen molar-refractivity contribution in [3.8, 4) is 5.88 Å². The first kappa shape index (κ1) is 15.3. The lowest BCUT2D eigenvalue weighted by Crippen LogP contribution is -2.43. The maximum atomic E-state index is 13.8. The zero-order valence-corrected chi connectivity index (χ0v) is 11.8. The number of aromatic nitrogens is 1. The molecule has 8 heteroatoms. The molecule has 0 N–H and O–H groups in total. The van der Waals surface area contributed by atoms with Gasteiger partial charge >= 0.3 is 0 Å². The Balaban J connectivity index is 2.12. The summed E-state index contributed by atoms with van der Waals surface area (Å²) in [6, 6.07) is 3.01. The summed E-state index contributed by atoms with van der Waals surface area (Å²) < 4.78 is 59.8. The number of carbonyl (C=O) groups is 1. The van der Waals surface area contributed by atoms with Crippen LogP contribution in [-0.2, 0) is 0 Å². The third-order valence-corrected chi connectivity index (χ3v) is 3.37. The van der Waals surface area contributed by atoms with Crippen molar-refractivity contribution in [3.63, 3.8) is 0 Å². The molecule has 120 valence electrons. The first-order valence-electron chi connectivity index (χ1n) is 6.66. The minimum atomic E-state index is -1.74. The average Bonchev–Trinajstić information content (AvgIpc) is 2.52. The molecule has 3 rings (SSSR count). The fourth-order valence-corrected chi connectivity index (χ4v) is 2.35. The minimum Gasteiger partial charge on any atom is -0.471 e. The molecule has 4 nitrogen and oxygen atoms in total. The molecule has 0 saturated carbocycles. The number of anilines is 1. The van der Waals surface area contributed by atoms with Gasteiger partial charge in [0.05, 0.1) is 6.54 Å². The van der Waals surface area contributed by atoms with Gasteiger partial charge in [-0.1, -0.05) is 0 Å². The summed E-state index contributed by atoms with van der Waals surface area (Å²) in [5.41, 5.74) is -1.12. The molecule has 1 amide bonds. The van der Waals surface area contributed by atoms with E-state index in [0.29, 0.717) is 0 Å². The number of ether oxygens (including phenoxy) is 1. The van der Waals surface area contributed by atoms with Gasteiger partial charge in [-0.3, -0.25) is 9.69 Å². The van der Waals surface area contributed by atoms with E-state index in [0.717, 1.165) is 4.90 Å². The fourth-order valence-electron chi connectivity index (χ4n) is 2.35. The summed E-state index contributed by atoms with van der Waals surface area (Å²) in [5, 5.41) is 0. The van der Waals surface area contributed by atoms with E-state index in [2.05, 4.69) is 4.98 Å². The first-order valence-corrected chi connectivity index (χ1v) is 6.66. The zero-order valence-electron chi connectivity index (χ0n) is 11.8. The molecule has 0 unspecified atom stereocenters. The molecular formula is C15H10F4N2O2. The fraction of sp³-hybridized carbons (Fsp3) is 0.200. The van der Waals surface area contributed by atoms with Crippen LogP contribution in [0.3, 0.4) is 0 Å². The molecular weight excluding hydrogens is 316 g/mol. The Morgan fingerprint density at radius 3 is 2.57 bits per heavy atom. The Kier molecular flexibility index (Phi) is 3.67. The highest BCUT2D eigenvalue weighted by Crippen LogP contribution is 2.33. The van der Waals surface area contributed by atoms with Gasteiger partial charge in [0, 0.05) is 12.3 Å². The van der Waals surface area contributed by atoms with Gasteiger partial charge in [-0.15, -0.1) is 0 Å². The summed E-state index contributed by atoms with van der Waals surface area (Å²) in [4.78, 5) is 17.4. The van der Waals surface area contributed by atoms with Crippen LogP contribution in [-0.4, -0.2) is 23.5 Å². The lowest BCUT2D eigenvalue weighted by Gasteiger charge is -2.32. The Bertz CT molecular complexity index is 771. The second-order valence-corrected chi connectivity index (χ2v) is 5.02. The van der Waals surface area contributed by atoms with Gasteiger partial charge in [0.2, 0.25) is 5.88 Å². The van der Waals surface area contributed by atoms with E-state index in [1.807, 2.05) is 0 Å². The number of fused-ring (bicyclic) bond motifs is 1. The van der Waals surface area contributed by atoms with E-state index in [-0.39, 0.29) is 24.2 Å². The molecule has 0 fully saturated rings. The van der Waals surface area contributed by atoms with Crippen molar-refractivity contribution in [1.82, 2.24) is 4.98 Å². The number of carbonyl (C=O) groups excluding carboxylic acids is 1. The van der Waals surface area contributed by atoms with E-state index >= 15 is 0 Å². The second-order valence-electron chi connectivity index (χ2n) is 5.02. The van der Waals surface area contributed by atoms with Crippen molar-refractivity contribution in [2.75, 3.05) is 11.4 Å². The summed E-state index contributed by atoms with van der Waals surface area (Å²) in [6.07, 6.45) is 0.911. The average molecular weight is 326 g/mol. The third kappa shape index (κ3) is 2.49. The maximum absolute atomic E-state index is 13.8. The molecule has 0 spiro atoms. The molecule has 1 atom stereocenters. The van der Waals surface area contributed by atoms with E-state index in [9.17, 15) is 22.4 Å². The lowest BCUT2D eigenvalue weighted by atomic mass is 10.1. The monoisotopic (exact) mass is 326 g/mol. The third-order valence-electron chi connectivity index (χ3n) is 3.37. The van der Waals surface area contributed by atoms with Crippen LogP contribution in [0.2, 0.25) is 0 Å². The maximum Gasteiger partial charge on any atom is 0.264 e. The van der Waals surface area contributed by atoms with E-state index in [4.69, 9.17) is 4.74 Å². The number of amides is 1. The Hall–Kier alpha value is -2.64. The van der Waals surface area contributed by atoms with Gasteiger partial charge in [0.15, 0.2) is 23.3 Å². The topological polar surface area (TPSA) is 42.4 Å². The largest absolute Gasteiger partial charge is 0.471 e. The number of hydrogen-bond acceptors (Lipinski definition) is 3. The predicted molar refractivity (Wildman–Crippen MR) is 72.3 cm³/mol. The Morgan fingerprint density at radius 2 is 1.91 bits per heavy atom. The summed E-state index contributed by atoms with van der Waals surface area (Å²) in [6.45, 7) is 1.57. The highest BCUT2D eigenvalue weighted by molar-refractivity contribution is 6.07. The van der Waals surface area contributed by atoms with Crippen molar-refractivity contribution in [3.05, 3.63) is 53.2 Å². The smallest absolute Gasteiger partial charge is 0.264 e. The molecule has 23 heavy (non-hydrogen) atoms. The van der Waals surface area contributed by atoms with Crippen LogP contribution in [0.15, 0.2) is 24.4 Å². The zero-order chi connectivity index (χ0) is 16.7. The van der Waals surface area contributed by atoms with Gasteiger partial charge in [-0.05, 0) is 19.1 Å². The standard InChI is InChI=1S/C15H10F4N2O2/c1-7-6-21(10-3-2-4-20-14(10)23-7)15(22)11-12(18)8(16)5-9(17)13(11)19/h2-5,7H,6H2,1H3/t7-/m0/s1. The molecule has 1 aliphatic rings. The van der Waals surface area contributed by atoms with Crippen LogP contribution in [0.5, 0.6) is 5.88 Å². The van der Waals surface area contributed by atoms with Gasteiger partial charge in [-0.25, -0.2) is 22.5 Å². The van der Waals surface area contributed by atoms with Crippen LogP contribution >= 0.6 is 0 Å². The minimum absolute atomic E-state index is 0.0471. The Labute approximate surface area is 128 Å². The SMILES string of the molecule is C[C@H]1CN(C(=O)c2c(F)c(F)cc(F)c2F)c2cccnc2O1. The normalized spacial score (nSPS) is 16.7. The number of nitrogens with zero attached hydrogens (tertiary/aromatic N) is 2. The summed E-state index contributed by atoms with van der Waals surface area (Å²) in [5.74, 6) is -7.86. The molecule has 0 bridgehead atoms. The van der Waals surface area contributed by atoms with Crippen molar-refractivity contribution in [2.45, 2.75) is 13.0 Å². The Morgan fingerprint density at radius 1 is 1.26 bits per heavy atom. The predicted octanol–water partition coefficient (Wildman–Crippen LogP) is 3.07. The van der Waals surface area contributed by atoms with Crippen molar-refractivity contribution >= 4 is 11.6 Å². The van der Waals surface area contributed by atoms with Crippen molar-refractivity contribution in [2.24, 2.45) is 0 Å². The summed E-state index contributed by atoms with van der Waals surface area (Å²) >= 11 is 0. The quantitative estimate of drug-likeness (QED) is 0.597. The van der Waals surface area contributed by atoms with Crippen LogP contribution < -0.4 is 9.64 Å². The number of pyridine rings is 1. The van der Waals surface area contributed by atoms with Crippen LogP contribution in [0.4, 0.5) is 23.2 Å². The van der Waals surface area contributed by atoms with Crippen molar-refractivity contribution in [1.29, 1.82) is 0 Å². The number of benzene rings is 1. The molecule has 2 heterocycles. The van der Waals surface area contributed by atoms with E-state index in [1.165, 1.54) is 18.3 Å². The lowest BCUT2D eigenvalue weighted by molar-refractivity contribution is 0.0948. The van der Waals surface area contributed by atoms with E-state index in [1.54, 1.807) is 6.92 Å². The molecule has 1 aliphatic heterocycles. The van der Waals surface area contributed by atoms with Crippen molar-refractivity contribution < 1.29 is 27.1 Å². The first-order chi connectivity index (χ1) is 10.9. The highest BCUT2D eigenvalue weighted by Gasteiger charge is 2.34. The van der Waals surface area contributed by atoms with Gasteiger partial charge in [0.25, 0.3) is 5.91 Å². The number of rotatable bonds is 1. The van der Waals surface area contributed by atoms with Gasteiger partial charge < -0.3 is 4.74 Å². The number of halogens is 4. The van der Waals surface area contributed by atoms with Gasteiger partial charge in [-0.2, -0.15) is 0 Å². The number of hydrogen-bond donors (Lipinski definition) is 0. The second kappa shape index (κ2) is 5.53. The van der Waals surface area contributed by atoms with Gasteiger partial charge in [0.1, 0.15) is 17.4 Å². The molecule has 2 aromatic rings. The molecule has 0 saturated heterocycles. The molecule has 0 aliphatic carbocycles. The molecule has 1 aromatic carbocycles.